The van der Waals surface area contributed by atoms with Crippen LogP contribution in [0.15, 0.2) is 77.7 Å². The molecule has 0 unspecified atom stereocenters. The van der Waals surface area contributed by atoms with E-state index in [0.717, 1.165) is 40.8 Å². The van der Waals surface area contributed by atoms with Crippen molar-refractivity contribution in [2.75, 3.05) is 11.4 Å². The first kappa shape index (κ1) is 20.9. The summed E-state index contributed by atoms with van der Waals surface area (Å²) in [5, 5.41) is 0. The summed E-state index contributed by atoms with van der Waals surface area (Å²) in [4.78, 5) is 14.6. The highest BCUT2D eigenvalue weighted by atomic mass is 32.2. The summed E-state index contributed by atoms with van der Waals surface area (Å²) < 4.78 is 29.7. The quantitative estimate of drug-likeness (QED) is 0.612. The van der Waals surface area contributed by atoms with Gasteiger partial charge in [0.1, 0.15) is 0 Å². The summed E-state index contributed by atoms with van der Waals surface area (Å²) in [7, 11) is -3.79. The van der Waals surface area contributed by atoms with Gasteiger partial charge in [0.25, 0.3) is 0 Å². The van der Waals surface area contributed by atoms with Crippen molar-refractivity contribution in [3.05, 3.63) is 95.1 Å². The summed E-state index contributed by atoms with van der Waals surface area (Å²) in [6.45, 7) is 2.62. The number of hydrogen-bond acceptors (Lipinski definition) is 3. The van der Waals surface area contributed by atoms with E-state index in [9.17, 15) is 13.2 Å². The largest absolute Gasteiger partial charge is 0.312 e. The Kier molecular flexibility index (Phi) is 5.35. The highest BCUT2D eigenvalue weighted by Gasteiger charge is 2.37. The minimum Gasteiger partial charge on any atom is -0.312 e. The highest BCUT2D eigenvalue weighted by Crippen LogP contribution is 2.37. The number of sulfonamides is 1. The van der Waals surface area contributed by atoms with Gasteiger partial charge in [0, 0.05) is 18.2 Å². The molecule has 164 valence electrons. The number of carbonyl (C=O) groups excluding carboxylic acids is 1. The first-order chi connectivity index (χ1) is 15.4. The van der Waals surface area contributed by atoms with Crippen LogP contribution in [0, 0.1) is 12.8 Å². The third kappa shape index (κ3) is 4.08. The fourth-order valence-corrected chi connectivity index (χ4v) is 5.63. The minimum atomic E-state index is -3.79. The van der Waals surface area contributed by atoms with Crippen LogP contribution in [-0.4, -0.2) is 20.9 Å². The van der Waals surface area contributed by atoms with Crippen LogP contribution in [0.4, 0.5) is 5.69 Å². The van der Waals surface area contributed by atoms with Gasteiger partial charge < -0.3 is 4.90 Å². The van der Waals surface area contributed by atoms with Crippen LogP contribution in [0.25, 0.3) is 0 Å². The Morgan fingerprint density at radius 3 is 2.44 bits per heavy atom. The second kappa shape index (κ2) is 8.19. The van der Waals surface area contributed by atoms with E-state index in [2.05, 4.69) is 4.72 Å². The number of nitrogens with zero attached hydrogens (tertiary/aromatic N) is 1. The van der Waals surface area contributed by atoms with E-state index in [1.165, 1.54) is 0 Å². The molecule has 32 heavy (non-hydrogen) atoms. The third-order valence-electron chi connectivity index (χ3n) is 6.23. The number of benzene rings is 3. The molecule has 6 heteroatoms. The van der Waals surface area contributed by atoms with Gasteiger partial charge in [0.05, 0.1) is 10.9 Å². The highest BCUT2D eigenvalue weighted by molar-refractivity contribution is 7.89. The van der Waals surface area contributed by atoms with Crippen LogP contribution in [0.3, 0.4) is 0 Å². The fourth-order valence-electron chi connectivity index (χ4n) is 4.37. The van der Waals surface area contributed by atoms with Crippen LogP contribution in [-0.2, 0) is 21.2 Å². The predicted octanol–water partition coefficient (Wildman–Crippen LogP) is 4.36. The molecule has 1 aliphatic carbocycles. The normalized spacial score (nSPS) is 16.6. The lowest BCUT2D eigenvalue weighted by Crippen LogP contribution is -2.30. The second-order valence-corrected chi connectivity index (χ2v) is 10.4. The van der Waals surface area contributed by atoms with Crippen molar-refractivity contribution in [2.24, 2.45) is 5.92 Å². The van der Waals surface area contributed by atoms with E-state index < -0.39 is 16.1 Å². The summed E-state index contributed by atoms with van der Waals surface area (Å²) >= 11 is 0. The third-order valence-corrected chi connectivity index (χ3v) is 7.65. The molecular weight excluding hydrogens is 420 g/mol. The van der Waals surface area contributed by atoms with Crippen molar-refractivity contribution >= 4 is 21.6 Å². The van der Waals surface area contributed by atoms with Crippen molar-refractivity contribution in [3.63, 3.8) is 0 Å². The molecule has 3 aromatic rings. The Balaban J connectivity index is 1.46. The number of hydrogen-bond donors (Lipinski definition) is 1. The van der Waals surface area contributed by atoms with E-state index in [1.54, 1.807) is 18.2 Å². The molecular formula is C26H26N2O3S. The van der Waals surface area contributed by atoms with Crippen LogP contribution in [0.2, 0.25) is 0 Å². The number of nitrogens with one attached hydrogen (secondary N) is 1. The Labute approximate surface area is 189 Å². The number of anilines is 1. The lowest BCUT2D eigenvalue weighted by Gasteiger charge is -2.21. The first-order valence-electron chi connectivity index (χ1n) is 11.0. The van der Waals surface area contributed by atoms with E-state index in [4.69, 9.17) is 0 Å². The SMILES string of the molecule is Cc1cccc([C@@H](NS(=O)(=O)c2ccc3c(c2)CCN3C(=O)C2CC2)c2ccccc2)c1. The average molecular weight is 447 g/mol. The number of rotatable bonds is 6. The molecule has 0 bridgehead atoms. The first-order valence-corrected chi connectivity index (χ1v) is 12.5. The summed E-state index contributed by atoms with van der Waals surface area (Å²) in [5.74, 6) is 0.313. The van der Waals surface area contributed by atoms with E-state index in [0.29, 0.717) is 13.0 Å². The van der Waals surface area contributed by atoms with Crippen molar-refractivity contribution in [1.29, 1.82) is 0 Å². The zero-order chi connectivity index (χ0) is 22.3. The molecule has 3 aromatic carbocycles. The minimum absolute atomic E-state index is 0.145. The zero-order valence-corrected chi connectivity index (χ0v) is 18.8. The van der Waals surface area contributed by atoms with Crippen LogP contribution in [0.5, 0.6) is 0 Å². The summed E-state index contributed by atoms with van der Waals surface area (Å²) in [6.07, 6.45) is 2.60. The monoisotopic (exact) mass is 446 g/mol. The molecule has 1 aliphatic heterocycles. The molecule has 0 spiro atoms. The average Bonchev–Trinajstić information content (AvgIpc) is 3.56. The molecule has 1 fully saturated rings. The zero-order valence-electron chi connectivity index (χ0n) is 18.0. The van der Waals surface area contributed by atoms with Crippen LogP contribution in [0.1, 0.15) is 41.1 Å². The van der Waals surface area contributed by atoms with Gasteiger partial charge in [0.2, 0.25) is 15.9 Å². The van der Waals surface area contributed by atoms with Gasteiger partial charge >= 0.3 is 0 Å². The molecule has 2 aliphatic rings. The van der Waals surface area contributed by atoms with Crippen molar-refractivity contribution in [1.82, 2.24) is 4.72 Å². The Morgan fingerprint density at radius 2 is 1.72 bits per heavy atom. The molecule has 1 saturated carbocycles. The molecule has 0 saturated heterocycles. The maximum Gasteiger partial charge on any atom is 0.241 e. The number of amides is 1. The van der Waals surface area contributed by atoms with Crippen molar-refractivity contribution in [3.8, 4) is 0 Å². The van der Waals surface area contributed by atoms with Gasteiger partial charge in [-0.3, -0.25) is 4.79 Å². The molecule has 1 atom stereocenters. The van der Waals surface area contributed by atoms with Gasteiger partial charge in [-0.05, 0) is 61.1 Å². The number of aryl methyl sites for hydroxylation is 1. The van der Waals surface area contributed by atoms with E-state index >= 15 is 0 Å². The van der Waals surface area contributed by atoms with E-state index in [-0.39, 0.29) is 16.7 Å². The molecule has 1 amide bonds. The fraction of sp³-hybridized carbons (Fsp3) is 0.269. The molecule has 1 heterocycles. The molecule has 5 rings (SSSR count). The van der Waals surface area contributed by atoms with Crippen LogP contribution < -0.4 is 9.62 Å². The number of carbonyl (C=O) groups is 1. The van der Waals surface area contributed by atoms with Crippen molar-refractivity contribution in [2.45, 2.75) is 37.1 Å². The van der Waals surface area contributed by atoms with Gasteiger partial charge in [-0.15, -0.1) is 0 Å². The van der Waals surface area contributed by atoms with Gasteiger partial charge in [-0.1, -0.05) is 60.2 Å². The molecule has 1 N–H and O–H groups in total. The lowest BCUT2D eigenvalue weighted by atomic mass is 9.98. The Morgan fingerprint density at radius 1 is 0.969 bits per heavy atom. The topological polar surface area (TPSA) is 66.5 Å². The maximum absolute atomic E-state index is 13.4. The van der Waals surface area contributed by atoms with Crippen molar-refractivity contribution < 1.29 is 13.2 Å². The summed E-state index contributed by atoms with van der Waals surface area (Å²) in [6, 6.07) is 22.1. The molecule has 5 nitrogen and oxygen atoms in total. The van der Waals surface area contributed by atoms with E-state index in [1.807, 2.05) is 66.4 Å². The second-order valence-electron chi connectivity index (χ2n) is 8.68. The Bertz CT molecular complexity index is 1270. The van der Waals surface area contributed by atoms with Gasteiger partial charge in [0.15, 0.2) is 0 Å². The van der Waals surface area contributed by atoms with Gasteiger partial charge in [-0.25, -0.2) is 8.42 Å². The van der Waals surface area contributed by atoms with Gasteiger partial charge in [-0.2, -0.15) is 4.72 Å². The standard InChI is InChI=1S/C26H26N2O3S/c1-18-6-5-9-22(16-18)25(19-7-3-2-4-8-19)27-32(30,31)23-12-13-24-21(17-23)14-15-28(24)26(29)20-10-11-20/h2-9,12-13,16-17,20,25,27H,10-11,14-15H2,1H3/t25-/m0/s1. The Hall–Kier alpha value is -2.96. The maximum atomic E-state index is 13.4. The molecule has 0 radical (unpaired) electrons. The smallest absolute Gasteiger partial charge is 0.241 e. The predicted molar refractivity (Wildman–Crippen MR) is 125 cm³/mol. The molecule has 0 aromatic heterocycles. The van der Waals surface area contributed by atoms with Crippen LogP contribution >= 0.6 is 0 Å². The summed E-state index contributed by atoms with van der Waals surface area (Å²) in [5.41, 5.74) is 4.60. The lowest BCUT2D eigenvalue weighted by molar-refractivity contribution is -0.119. The number of fused-ring (bicyclic) bond motifs is 1.